The molecule has 3 aliphatic heterocycles. The number of ether oxygens (including phenoxy) is 2. The summed E-state index contributed by atoms with van der Waals surface area (Å²) in [4.78, 5) is 41.1. The minimum absolute atomic E-state index is 0.0215. The Morgan fingerprint density at radius 3 is 2.65 bits per heavy atom. The molecule has 0 atom stereocenters. The number of Topliss-reactive ketones (excluding diaryl/α,β-unsaturated/α-hetero) is 1. The second-order valence-electron chi connectivity index (χ2n) is 8.17. The Labute approximate surface area is 179 Å². The van der Waals surface area contributed by atoms with E-state index in [1.54, 1.807) is 29.2 Å². The molecule has 3 aliphatic rings. The van der Waals surface area contributed by atoms with E-state index in [2.05, 4.69) is 10.2 Å². The number of ketones is 1. The third kappa shape index (κ3) is 3.63. The summed E-state index contributed by atoms with van der Waals surface area (Å²) in [5.41, 5.74) is 2.78. The average molecular weight is 421 g/mol. The minimum Gasteiger partial charge on any atom is -0.454 e. The molecule has 0 bridgehead atoms. The molecule has 1 N–H and O–H groups in total. The van der Waals surface area contributed by atoms with Gasteiger partial charge in [0.1, 0.15) is 0 Å². The molecule has 0 unspecified atom stereocenters. The van der Waals surface area contributed by atoms with E-state index < -0.39 is 11.7 Å². The first kappa shape index (κ1) is 19.6. The Morgan fingerprint density at radius 1 is 1.06 bits per heavy atom. The summed E-state index contributed by atoms with van der Waals surface area (Å²) in [5.74, 6) is 0.255. The van der Waals surface area contributed by atoms with Gasteiger partial charge in [-0.25, -0.2) is 0 Å². The lowest BCUT2D eigenvalue weighted by Gasteiger charge is -2.33. The van der Waals surface area contributed by atoms with Crippen LogP contribution in [-0.2, 0) is 9.59 Å². The molecule has 0 aromatic heterocycles. The Hall–Kier alpha value is -3.39. The van der Waals surface area contributed by atoms with Crippen LogP contribution < -0.4 is 19.7 Å². The van der Waals surface area contributed by atoms with E-state index in [4.69, 9.17) is 9.47 Å². The molecule has 0 saturated carbocycles. The van der Waals surface area contributed by atoms with Crippen LogP contribution in [0.1, 0.15) is 28.8 Å². The van der Waals surface area contributed by atoms with E-state index >= 15 is 0 Å². The summed E-state index contributed by atoms with van der Waals surface area (Å²) in [7, 11) is 0. The van der Waals surface area contributed by atoms with Gasteiger partial charge in [0, 0.05) is 30.8 Å². The third-order valence-electron chi connectivity index (χ3n) is 6.07. The van der Waals surface area contributed by atoms with Crippen LogP contribution in [-0.4, -0.2) is 49.0 Å². The number of nitrogens with one attached hydrogen (secondary N) is 1. The van der Waals surface area contributed by atoms with Crippen LogP contribution >= 0.6 is 0 Å². The first-order valence-electron chi connectivity index (χ1n) is 10.4. The van der Waals surface area contributed by atoms with Gasteiger partial charge in [0.25, 0.3) is 5.78 Å². The number of benzene rings is 2. The number of hydrogen-bond donors (Lipinski definition) is 1. The van der Waals surface area contributed by atoms with Gasteiger partial charge in [0.2, 0.25) is 12.7 Å². The van der Waals surface area contributed by atoms with Crippen LogP contribution in [0, 0.1) is 12.8 Å². The molecule has 0 aliphatic carbocycles. The number of hydrogen-bond acceptors (Lipinski definition) is 6. The predicted molar refractivity (Wildman–Crippen MR) is 113 cm³/mol. The fraction of sp³-hybridized carbons (Fsp3) is 0.348. The minimum atomic E-state index is -0.483. The highest BCUT2D eigenvalue weighted by atomic mass is 16.7. The molecule has 160 valence electrons. The zero-order chi connectivity index (χ0) is 21.5. The van der Waals surface area contributed by atoms with Crippen LogP contribution in [0.15, 0.2) is 36.4 Å². The van der Waals surface area contributed by atoms with Crippen molar-refractivity contribution < 1.29 is 23.9 Å². The van der Waals surface area contributed by atoms with Crippen molar-refractivity contribution in [2.24, 2.45) is 5.92 Å². The van der Waals surface area contributed by atoms with E-state index in [1.165, 1.54) is 0 Å². The number of anilines is 2. The molecule has 5 rings (SSSR count). The van der Waals surface area contributed by atoms with Crippen molar-refractivity contribution in [3.05, 3.63) is 47.5 Å². The van der Waals surface area contributed by atoms with Gasteiger partial charge in [0.15, 0.2) is 11.5 Å². The van der Waals surface area contributed by atoms with Gasteiger partial charge in [-0.2, -0.15) is 0 Å². The van der Waals surface area contributed by atoms with Crippen molar-refractivity contribution in [1.29, 1.82) is 0 Å². The lowest BCUT2D eigenvalue weighted by Crippen LogP contribution is -2.45. The highest BCUT2D eigenvalue weighted by molar-refractivity contribution is 6.52. The van der Waals surface area contributed by atoms with Crippen LogP contribution in [0.25, 0.3) is 0 Å². The highest BCUT2D eigenvalue weighted by Gasteiger charge is 2.37. The van der Waals surface area contributed by atoms with Crippen molar-refractivity contribution in [3.63, 3.8) is 0 Å². The second kappa shape index (κ2) is 7.70. The number of likely N-dealkylation sites (tertiary alicyclic amines) is 1. The number of carbonyl (C=O) groups is 3. The molecule has 2 aromatic rings. The van der Waals surface area contributed by atoms with Crippen molar-refractivity contribution in [1.82, 2.24) is 4.90 Å². The van der Waals surface area contributed by atoms with Crippen LogP contribution in [0.5, 0.6) is 11.5 Å². The molecule has 0 spiro atoms. The SMILES string of the molecule is Cc1ccc2c(c1)C(=O)C(=O)N2CN1CCC(C(=O)Nc2ccc3c(c2)OCO3)CC1. The van der Waals surface area contributed by atoms with Gasteiger partial charge < -0.3 is 14.8 Å². The van der Waals surface area contributed by atoms with Gasteiger partial charge >= 0.3 is 5.91 Å². The Bertz CT molecular complexity index is 1070. The molecular weight excluding hydrogens is 398 g/mol. The van der Waals surface area contributed by atoms with E-state index in [-0.39, 0.29) is 18.6 Å². The topological polar surface area (TPSA) is 88.2 Å². The van der Waals surface area contributed by atoms with E-state index in [9.17, 15) is 14.4 Å². The number of aryl methyl sites for hydroxylation is 1. The fourth-order valence-corrected chi connectivity index (χ4v) is 4.31. The van der Waals surface area contributed by atoms with E-state index in [0.717, 1.165) is 5.56 Å². The summed E-state index contributed by atoms with van der Waals surface area (Å²) in [6, 6.07) is 10.9. The maximum atomic E-state index is 12.7. The number of amides is 2. The summed E-state index contributed by atoms with van der Waals surface area (Å²) in [5, 5.41) is 2.96. The zero-order valence-electron chi connectivity index (χ0n) is 17.2. The first-order valence-corrected chi connectivity index (χ1v) is 10.4. The van der Waals surface area contributed by atoms with Crippen LogP contribution in [0.3, 0.4) is 0 Å². The lowest BCUT2D eigenvalue weighted by molar-refractivity contribution is -0.121. The number of fused-ring (bicyclic) bond motifs is 2. The van der Waals surface area contributed by atoms with Crippen molar-refractivity contribution >= 4 is 29.0 Å². The maximum absolute atomic E-state index is 12.7. The molecule has 8 heteroatoms. The molecular formula is C23H23N3O5. The van der Waals surface area contributed by atoms with E-state index in [1.807, 2.05) is 19.1 Å². The normalized spacial score (nSPS) is 18.4. The monoisotopic (exact) mass is 421 g/mol. The summed E-state index contributed by atoms with van der Waals surface area (Å²) >= 11 is 0. The van der Waals surface area contributed by atoms with E-state index in [0.29, 0.717) is 61.0 Å². The van der Waals surface area contributed by atoms with Gasteiger partial charge in [-0.3, -0.25) is 24.2 Å². The van der Waals surface area contributed by atoms with Crippen LogP contribution in [0.4, 0.5) is 11.4 Å². The predicted octanol–water partition coefficient (Wildman–Crippen LogP) is 2.56. The molecule has 3 heterocycles. The van der Waals surface area contributed by atoms with Crippen molar-refractivity contribution in [2.75, 3.05) is 36.8 Å². The highest BCUT2D eigenvalue weighted by Crippen LogP contribution is 2.35. The van der Waals surface area contributed by atoms with Gasteiger partial charge in [-0.05, 0) is 44.0 Å². The smallest absolute Gasteiger partial charge is 0.300 e. The zero-order valence-corrected chi connectivity index (χ0v) is 17.2. The van der Waals surface area contributed by atoms with Crippen molar-refractivity contribution in [3.8, 4) is 11.5 Å². The third-order valence-corrected chi connectivity index (χ3v) is 6.07. The number of carbonyl (C=O) groups excluding carboxylic acids is 3. The van der Waals surface area contributed by atoms with Gasteiger partial charge in [-0.1, -0.05) is 11.6 Å². The quantitative estimate of drug-likeness (QED) is 0.764. The molecule has 2 amide bonds. The fourth-order valence-electron chi connectivity index (χ4n) is 4.31. The molecule has 1 fully saturated rings. The average Bonchev–Trinajstić information content (AvgIpc) is 3.33. The molecule has 8 nitrogen and oxygen atoms in total. The molecule has 0 radical (unpaired) electrons. The molecule has 1 saturated heterocycles. The maximum Gasteiger partial charge on any atom is 0.300 e. The summed E-state index contributed by atoms with van der Waals surface area (Å²) in [6.45, 7) is 3.81. The molecule has 31 heavy (non-hydrogen) atoms. The standard InChI is InChI=1S/C23H23N3O5/c1-14-2-4-18-17(10-14)21(27)23(29)26(18)12-25-8-6-15(7-9-25)22(28)24-16-3-5-19-20(11-16)31-13-30-19/h2-5,10-11,15H,6-9,12-13H2,1H3,(H,24,28). The molecule has 2 aromatic carbocycles. The Morgan fingerprint density at radius 2 is 1.84 bits per heavy atom. The Balaban J connectivity index is 1.18. The number of piperidine rings is 1. The summed E-state index contributed by atoms with van der Waals surface area (Å²) in [6.07, 6.45) is 1.38. The van der Waals surface area contributed by atoms with Crippen LogP contribution in [0.2, 0.25) is 0 Å². The number of nitrogens with zero attached hydrogens (tertiary/aromatic N) is 2. The number of rotatable bonds is 4. The van der Waals surface area contributed by atoms with Gasteiger partial charge in [0.05, 0.1) is 17.9 Å². The second-order valence-corrected chi connectivity index (χ2v) is 8.17. The lowest BCUT2D eigenvalue weighted by atomic mass is 9.96. The Kier molecular flexibility index (Phi) is 4.86. The first-order chi connectivity index (χ1) is 15.0. The largest absolute Gasteiger partial charge is 0.454 e. The van der Waals surface area contributed by atoms with Gasteiger partial charge in [-0.15, -0.1) is 0 Å². The summed E-state index contributed by atoms with van der Waals surface area (Å²) < 4.78 is 10.6. The van der Waals surface area contributed by atoms with Crippen molar-refractivity contribution in [2.45, 2.75) is 19.8 Å².